The van der Waals surface area contributed by atoms with Crippen molar-refractivity contribution in [2.75, 3.05) is 13.1 Å². The molecule has 0 unspecified atom stereocenters. The Morgan fingerprint density at radius 1 is 1.29 bits per heavy atom. The predicted octanol–water partition coefficient (Wildman–Crippen LogP) is 2.49. The molecule has 1 aromatic carbocycles. The van der Waals surface area contributed by atoms with Crippen molar-refractivity contribution < 1.29 is 0 Å². The van der Waals surface area contributed by atoms with E-state index in [1.54, 1.807) is 0 Å². The first kappa shape index (κ1) is 9.72. The summed E-state index contributed by atoms with van der Waals surface area (Å²) in [5, 5.41) is 3.48. The Morgan fingerprint density at radius 3 is 2.43 bits per heavy atom. The maximum Gasteiger partial charge on any atom is 0.00871 e. The standard InChI is InChI=1S/C13H19N/c1-10-4-6-12(7-5-10)13(3)9-14-8-11(13)2/h4-7,11,14H,8-9H2,1-3H3/t11-,13-/m1/s1. The normalized spacial score (nSPS) is 32.1. The van der Waals surface area contributed by atoms with Crippen LogP contribution in [0, 0.1) is 12.8 Å². The second kappa shape index (κ2) is 3.39. The third-order valence-corrected chi connectivity index (χ3v) is 3.74. The lowest BCUT2D eigenvalue weighted by molar-refractivity contribution is 0.404. The van der Waals surface area contributed by atoms with E-state index in [2.05, 4.69) is 50.4 Å². The summed E-state index contributed by atoms with van der Waals surface area (Å²) in [6.45, 7) is 9.09. The summed E-state index contributed by atoms with van der Waals surface area (Å²) in [7, 11) is 0. The summed E-state index contributed by atoms with van der Waals surface area (Å²) >= 11 is 0. The number of rotatable bonds is 1. The van der Waals surface area contributed by atoms with Gasteiger partial charge >= 0.3 is 0 Å². The van der Waals surface area contributed by atoms with Gasteiger partial charge in [0.2, 0.25) is 0 Å². The summed E-state index contributed by atoms with van der Waals surface area (Å²) in [5.41, 5.74) is 3.14. The molecule has 0 radical (unpaired) electrons. The highest BCUT2D eigenvalue weighted by Crippen LogP contribution is 2.34. The van der Waals surface area contributed by atoms with Crippen LogP contribution in [0.1, 0.15) is 25.0 Å². The van der Waals surface area contributed by atoms with Crippen LogP contribution >= 0.6 is 0 Å². The summed E-state index contributed by atoms with van der Waals surface area (Å²) in [5.74, 6) is 0.727. The zero-order valence-corrected chi connectivity index (χ0v) is 9.30. The molecule has 0 aromatic heterocycles. The zero-order valence-electron chi connectivity index (χ0n) is 9.30. The number of hydrogen-bond donors (Lipinski definition) is 1. The van der Waals surface area contributed by atoms with Crippen LogP contribution in [0.3, 0.4) is 0 Å². The first-order valence-corrected chi connectivity index (χ1v) is 5.41. The zero-order chi connectivity index (χ0) is 10.2. The van der Waals surface area contributed by atoms with Crippen molar-refractivity contribution >= 4 is 0 Å². The quantitative estimate of drug-likeness (QED) is 0.715. The highest BCUT2D eigenvalue weighted by Gasteiger charge is 2.36. The number of aryl methyl sites for hydroxylation is 1. The molecular weight excluding hydrogens is 170 g/mol. The van der Waals surface area contributed by atoms with Crippen molar-refractivity contribution in [1.29, 1.82) is 0 Å². The van der Waals surface area contributed by atoms with Gasteiger partial charge in [0.1, 0.15) is 0 Å². The summed E-state index contributed by atoms with van der Waals surface area (Å²) in [4.78, 5) is 0. The fourth-order valence-electron chi connectivity index (χ4n) is 2.27. The molecule has 0 spiro atoms. The Kier molecular flexibility index (Phi) is 2.36. The first-order chi connectivity index (χ1) is 6.63. The van der Waals surface area contributed by atoms with E-state index in [4.69, 9.17) is 0 Å². The maximum atomic E-state index is 3.48. The third-order valence-electron chi connectivity index (χ3n) is 3.74. The molecule has 2 rings (SSSR count). The van der Waals surface area contributed by atoms with Gasteiger partial charge in [-0.25, -0.2) is 0 Å². The molecule has 1 fully saturated rings. The predicted molar refractivity (Wildman–Crippen MR) is 60.6 cm³/mol. The second-order valence-corrected chi connectivity index (χ2v) is 4.82. The summed E-state index contributed by atoms with van der Waals surface area (Å²) in [6.07, 6.45) is 0. The molecule has 2 atom stereocenters. The van der Waals surface area contributed by atoms with Gasteiger partial charge in [0.05, 0.1) is 0 Å². The van der Waals surface area contributed by atoms with Crippen LogP contribution in [0.5, 0.6) is 0 Å². The van der Waals surface area contributed by atoms with Gasteiger partial charge in [0.25, 0.3) is 0 Å². The molecule has 1 aromatic rings. The van der Waals surface area contributed by atoms with Crippen molar-refractivity contribution in [2.45, 2.75) is 26.2 Å². The molecule has 1 heteroatoms. The van der Waals surface area contributed by atoms with Gasteiger partial charge in [-0.15, -0.1) is 0 Å². The lowest BCUT2D eigenvalue weighted by atomic mass is 9.75. The highest BCUT2D eigenvalue weighted by atomic mass is 14.9. The minimum absolute atomic E-state index is 0.327. The molecule has 0 aliphatic carbocycles. The van der Waals surface area contributed by atoms with E-state index in [1.165, 1.54) is 11.1 Å². The molecule has 0 saturated carbocycles. The van der Waals surface area contributed by atoms with Gasteiger partial charge < -0.3 is 5.32 Å². The molecule has 1 aliphatic rings. The molecule has 1 nitrogen and oxygen atoms in total. The SMILES string of the molecule is Cc1ccc([C@]2(C)CNC[C@H]2C)cc1. The van der Waals surface area contributed by atoms with Crippen molar-refractivity contribution in [1.82, 2.24) is 5.32 Å². The van der Waals surface area contributed by atoms with E-state index in [9.17, 15) is 0 Å². The van der Waals surface area contributed by atoms with Gasteiger partial charge in [0, 0.05) is 12.0 Å². The van der Waals surface area contributed by atoms with Crippen LogP contribution in [0.4, 0.5) is 0 Å². The van der Waals surface area contributed by atoms with E-state index in [-0.39, 0.29) is 0 Å². The Labute approximate surface area is 86.5 Å². The molecule has 0 bridgehead atoms. The molecule has 1 N–H and O–H groups in total. The van der Waals surface area contributed by atoms with E-state index in [0.717, 1.165) is 19.0 Å². The fraction of sp³-hybridized carbons (Fsp3) is 0.538. The molecular formula is C13H19N. The van der Waals surface area contributed by atoms with E-state index in [0.29, 0.717) is 5.41 Å². The maximum absolute atomic E-state index is 3.48. The number of nitrogens with one attached hydrogen (secondary N) is 1. The minimum atomic E-state index is 0.327. The second-order valence-electron chi connectivity index (χ2n) is 4.82. The number of benzene rings is 1. The van der Waals surface area contributed by atoms with Crippen LogP contribution in [-0.4, -0.2) is 13.1 Å². The average molecular weight is 189 g/mol. The summed E-state index contributed by atoms with van der Waals surface area (Å²) < 4.78 is 0. The third kappa shape index (κ3) is 1.46. The molecule has 14 heavy (non-hydrogen) atoms. The van der Waals surface area contributed by atoms with Gasteiger partial charge in [-0.1, -0.05) is 43.7 Å². The Morgan fingerprint density at radius 2 is 1.93 bits per heavy atom. The van der Waals surface area contributed by atoms with Crippen molar-refractivity contribution in [2.24, 2.45) is 5.92 Å². The lowest BCUT2D eigenvalue weighted by Gasteiger charge is -2.28. The number of hydrogen-bond acceptors (Lipinski definition) is 1. The van der Waals surface area contributed by atoms with Gasteiger partial charge in [-0.3, -0.25) is 0 Å². The van der Waals surface area contributed by atoms with Crippen LogP contribution in [0.15, 0.2) is 24.3 Å². The van der Waals surface area contributed by atoms with Gasteiger partial charge in [0.15, 0.2) is 0 Å². The monoisotopic (exact) mass is 189 g/mol. The Hall–Kier alpha value is -0.820. The molecule has 1 saturated heterocycles. The van der Waals surface area contributed by atoms with Crippen LogP contribution < -0.4 is 5.32 Å². The molecule has 1 aliphatic heterocycles. The topological polar surface area (TPSA) is 12.0 Å². The van der Waals surface area contributed by atoms with Crippen molar-refractivity contribution in [3.63, 3.8) is 0 Å². The Bertz CT molecular complexity index is 315. The smallest absolute Gasteiger partial charge is 0.00871 e. The van der Waals surface area contributed by atoms with E-state index < -0.39 is 0 Å². The highest BCUT2D eigenvalue weighted by molar-refractivity contribution is 5.30. The largest absolute Gasteiger partial charge is 0.316 e. The van der Waals surface area contributed by atoms with E-state index >= 15 is 0 Å². The van der Waals surface area contributed by atoms with Gasteiger partial charge in [-0.2, -0.15) is 0 Å². The molecule has 76 valence electrons. The molecule has 1 heterocycles. The summed E-state index contributed by atoms with van der Waals surface area (Å²) in [6, 6.07) is 8.98. The first-order valence-electron chi connectivity index (χ1n) is 5.41. The van der Waals surface area contributed by atoms with Crippen LogP contribution in [0.2, 0.25) is 0 Å². The van der Waals surface area contributed by atoms with Crippen LogP contribution in [0.25, 0.3) is 0 Å². The van der Waals surface area contributed by atoms with Gasteiger partial charge in [-0.05, 0) is 24.9 Å². The van der Waals surface area contributed by atoms with E-state index in [1.807, 2.05) is 0 Å². The molecule has 0 amide bonds. The lowest BCUT2D eigenvalue weighted by Crippen LogP contribution is -2.29. The fourth-order valence-corrected chi connectivity index (χ4v) is 2.27. The average Bonchev–Trinajstić information content (AvgIpc) is 2.49. The minimum Gasteiger partial charge on any atom is -0.316 e. The van der Waals surface area contributed by atoms with Crippen molar-refractivity contribution in [3.8, 4) is 0 Å². The van der Waals surface area contributed by atoms with Crippen molar-refractivity contribution in [3.05, 3.63) is 35.4 Å². The Balaban J connectivity index is 2.34. The van der Waals surface area contributed by atoms with Crippen LogP contribution in [-0.2, 0) is 5.41 Å².